The van der Waals surface area contributed by atoms with Gasteiger partial charge in [-0.25, -0.2) is 0 Å². The van der Waals surface area contributed by atoms with Crippen molar-refractivity contribution < 1.29 is 19.5 Å². The van der Waals surface area contributed by atoms with E-state index in [9.17, 15) is 20.5 Å². The summed E-state index contributed by atoms with van der Waals surface area (Å²) in [7, 11) is 0. The van der Waals surface area contributed by atoms with Crippen LogP contribution < -0.4 is 15.2 Å². The minimum Gasteiger partial charge on any atom is -0.508 e. The number of aromatic hydroxyl groups is 1. The predicted molar refractivity (Wildman–Crippen MR) is 116 cm³/mol. The number of nitrogens with two attached hydrogens (primary N) is 1. The fraction of sp³-hybridized carbons (Fsp3) is 0.0870. The number of benzene rings is 3. The molecule has 160 valence electrons. The summed E-state index contributed by atoms with van der Waals surface area (Å²) in [6, 6.07) is 17.9. The first kappa shape index (κ1) is 21.0. The molecule has 0 aromatic heterocycles. The average Bonchev–Trinajstić information content (AvgIpc) is 2.77. The number of allylic oxidation sites excluding steroid dienone is 1. The topological polar surface area (TPSA) is 132 Å². The summed E-state index contributed by atoms with van der Waals surface area (Å²) in [5.74, 6) is 0.174. The van der Waals surface area contributed by atoms with Crippen molar-refractivity contribution in [2.24, 2.45) is 5.73 Å². The normalized spacial score (nSPS) is 14.8. The van der Waals surface area contributed by atoms with Crippen LogP contribution in [0.3, 0.4) is 0 Å². The molecule has 0 fully saturated rings. The molecule has 4 rings (SSSR count). The van der Waals surface area contributed by atoms with Gasteiger partial charge in [-0.2, -0.15) is 5.26 Å². The van der Waals surface area contributed by atoms with Crippen molar-refractivity contribution in [1.29, 1.82) is 5.26 Å². The number of phenolic OH excluding ortho intramolecular Hbond substituents is 1. The van der Waals surface area contributed by atoms with E-state index in [2.05, 4.69) is 6.07 Å². The number of rotatable bonds is 5. The van der Waals surface area contributed by atoms with E-state index < -0.39 is 10.8 Å². The van der Waals surface area contributed by atoms with Crippen molar-refractivity contribution in [2.45, 2.75) is 12.5 Å². The molecule has 0 bridgehead atoms. The maximum absolute atomic E-state index is 10.9. The second kappa shape index (κ2) is 8.49. The van der Waals surface area contributed by atoms with Crippen molar-refractivity contribution in [1.82, 2.24) is 0 Å². The molecule has 32 heavy (non-hydrogen) atoms. The van der Waals surface area contributed by atoms with E-state index >= 15 is 0 Å². The lowest BCUT2D eigenvalue weighted by Crippen LogP contribution is -2.21. The smallest absolute Gasteiger partial charge is 0.269 e. The van der Waals surface area contributed by atoms with E-state index in [1.807, 2.05) is 0 Å². The SMILES string of the molecule is N#CC1=C(N)Oc2cc(O)ccc2[C@H]1c1ccc(OCc2cccc([N+](=O)[O-])c2)c(Cl)c1. The van der Waals surface area contributed by atoms with Gasteiger partial charge in [0.2, 0.25) is 5.88 Å². The highest BCUT2D eigenvalue weighted by Crippen LogP contribution is 2.44. The number of hydrogen-bond donors (Lipinski definition) is 2. The minimum absolute atomic E-state index is 0.0126. The molecular formula is C23H16ClN3O5. The number of nitro benzene ring substituents is 1. The maximum Gasteiger partial charge on any atom is 0.269 e. The van der Waals surface area contributed by atoms with E-state index in [0.717, 1.165) is 0 Å². The molecule has 3 aromatic rings. The number of halogens is 1. The minimum atomic E-state index is -0.535. The van der Waals surface area contributed by atoms with E-state index in [0.29, 0.717) is 33.2 Å². The van der Waals surface area contributed by atoms with E-state index in [-0.39, 0.29) is 29.5 Å². The summed E-state index contributed by atoms with van der Waals surface area (Å²) in [4.78, 5) is 10.5. The van der Waals surface area contributed by atoms with Gasteiger partial charge in [-0.3, -0.25) is 10.1 Å². The highest BCUT2D eigenvalue weighted by molar-refractivity contribution is 6.32. The number of fused-ring (bicyclic) bond motifs is 1. The van der Waals surface area contributed by atoms with Crippen LogP contribution in [0.4, 0.5) is 5.69 Å². The van der Waals surface area contributed by atoms with Crippen LogP contribution in [0.2, 0.25) is 5.02 Å². The third-order valence-corrected chi connectivity index (χ3v) is 5.30. The Morgan fingerprint density at radius 3 is 2.75 bits per heavy atom. The lowest BCUT2D eigenvalue weighted by Gasteiger charge is -2.26. The molecule has 3 N–H and O–H groups in total. The Hall–Kier alpha value is -4.22. The fourth-order valence-electron chi connectivity index (χ4n) is 3.52. The summed E-state index contributed by atoms with van der Waals surface area (Å²) in [5.41, 5.74) is 8.12. The van der Waals surface area contributed by atoms with Crippen LogP contribution in [0.5, 0.6) is 17.2 Å². The second-order valence-corrected chi connectivity index (χ2v) is 7.46. The number of nitro groups is 1. The molecule has 0 amide bonds. The van der Waals surface area contributed by atoms with Gasteiger partial charge in [0.1, 0.15) is 35.5 Å². The zero-order valence-electron chi connectivity index (χ0n) is 16.5. The van der Waals surface area contributed by atoms with Gasteiger partial charge < -0.3 is 20.3 Å². The molecular weight excluding hydrogens is 434 g/mol. The molecule has 0 aliphatic carbocycles. The Bertz CT molecular complexity index is 1300. The van der Waals surface area contributed by atoms with Crippen LogP contribution in [0.25, 0.3) is 0 Å². The molecule has 0 saturated heterocycles. The van der Waals surface area contributed by atoms with Gasteiger partial charge in [-0.1, -0.05) is 35.9 Å². The molecule has 0 radical (unpaired) electrons. The summed E-state index contributed by atoms with van der Waals surface area (Å²) < 4.78 is 11.3. The van der Waals surface area contributed by atoms with Crippen LogP contribution in [0, 0.1) is 21.4 Å². The average molecular weight is 450 g/mol. The number of nitrogens with zero attached hydrogens (tertiary/aromatic N) is 2. The number of non-ortho nitro benzene ring substituents is 1. The van der Waals surface area contributed by atoms with Crippen LogP contribution >= 0.6 is 11.6 Å². The first-order valence-electron chi connectivity index (χ1n) is 9.43. The second-order valence-electron chi connectivity index (χ2n) is 7.05. The van der Waals surface area contributed by atoms with Crippen LogP contribution in [-0.2, 0) is 6.61 Å². The van der Waals surface area contributed by atoms with Crippen molar-refractivity contribution >= 4 is 17.3 Å². The van der Waals surface area contributed by atoms with Crippen molar-refractivity contribution in [3.05, 3.63) is 104 Å². The molecule has 0 spiro atoms. The van der Waals surface area contributed by atoms with Gasteiger partial charge in [0.05, 0.1) is 15.9 Å². The van der Waals surface area contributed by atoms with E-state index in [1.54, 1.807) is 36.4 Å². The van der Waals surface area contributed by atoms with Gasteiger partial charge in [-0.15, -0.1) is 0 Å². The predicted octanol–water partition coefficient (Wildman–Crippen LogP) is 4.75. The monoisotopic (exact) mass is 449 g/mol. The van der Waals surface area contributed by atoms with Crippen molar-refractivity contribution in [3.8, 4) is 23.3 Å². The zero-order chi connectivity index (χ0) is 22.8. The van der Waals surface area contributed by atoms with Crippen LogP contribution in [0.15, 0.2) is 72.1 Å². The number of nitriles is 1. The van der Waals surface area contributed by atoms with Gasteiger partial charge in [-0.05, 0) is 29.3 Å². The fourth-order valence-corrected chi connectivity index (χ4v) is 3.77. The quantitative estimate of drug-likeness (QED) is 0.424. The lowest BCUT2D eigenvalue weighted by molar-refractivity contribution is -0.384. The van der Waals surface area contributed by atoms with Crippen molar-refractivity contribution in [3.63, 3.8) is 0 Å². The van der Waals surface area contributed by atoms with Gasteiger partial charge in [0.25, 0.3) is 5.69 Å². The molecule has 8 nitrogen and oxygen atoms in total. The Labute approximate surface area is 187 Å². The number of ether oxygens (including phenoxy) is 2. The van der Waals surface area contributed by atoms with E-state index in [1.165, 1.54) is 24.3 Å². The zero-order valence-corrected chi connectivity index (χ0v) is 17.2. The molecule has 1 atom stereocenters. The molecule has 0 unspecified atom stereocenters. The molecule has 3 aromatic carbocycles. The molecule has 0 saturated carbocycles. The maximum atomic E-state index is 10.9. The summed E-state index contributed by atoms with van der Waals surface area (Å²) in [6.07, 6.45) is 0. The molecule has 9 heteroatoms. The third kappa shape index (κ3) is 4.02. The molecule has 1 aliphatic heterocycles. The largest absolute Gasteiger partial charge is 0.508 e. The molecule has 1 aliphatic rings. The van der Waals surface area contributed by atoms with Crippen LogP contribution in [-0.4, -0.2) is 10.0 Å². The van der Waals surface area contributed by atoms with Crippen molar-refractivity contribution in [2.75, 3.05) is 0 Å². The first-order valence-corrected chi connectivity index (χ1v) is 9.81. The summed E-state index contributed by atoms with van der Waals surface area (Å²) in [6.45, 7) is 0.0937. The Balaban J connectivity index is 1.63. The lowest BCUT2D eigenvalue weighted by atomic mass is 9.83. The van der Waals surface area contributed by atoms with Gasteiger partial charge in [0, 0.05) is 23.8 Å². The summed E-state index contributed by atoms with van der Waals surface area (Å²) in [5, 5.41) is 30.6. The number of phenols is 1. The first-order chi connectivity index (χ1) is 15.4. The standard InChI is InChI=1S/C23H16ClN3O5/c24-19-9-14(4-7-20(19)31-12-13-2-1-3-15(8-13)27(29)30)22-17-6-5-16(28)10-21(17)32-23(26)18(22)11-25/h1-10,22,28H,12,26H2/t22-/m1/s1. The Morgan fingerprint density at radius 1 is 1.22 bits per heavy atom. The van der Waals surface area contributed by atoms with Crippen LogP contribution in [0.1, 0.15) is 22.6 Å². The highest BCUT2D eigenvalue weighted by Gasteiger charge is 2.31. The highest BCUT2D eigenvalue weighted by atomic mass is 35.5. The Kier molecular flexibility index (Phi) is 5.58. The number of hydrogen-bond acceptors (Lipinski definition) is 7. The van der Waals surface area contributed by atoms with Gasteiger partial charge >= 0.3 is 0 Å². The summed E-state index contributed by atoms with van der Waals surface area (Å²) >= 11 is 6.44. The third-order valence-electron chi connectivity index (χ3n) is 5.01. The Morgan fingerprint density at radius 2 is 2.03 bits per heavy atom. The molecule has 1 heterocycles. The van der Waals surface area contributed by atoms with E-state index in [4.69, 9.17) is 26.8 Å². The van der Waals surface area contributed by atoms with Gasteiger partial charge in [0.15, 0.2) is 0 Å².